The molecule has 0 aromatic heterocycles. The van der Waals surface area contributed by atoms with Crippen LogP contribution >= 0.6 is 0 Å². The van der Waals surface area contributed by atoms with Crippen LogP contribution in [0.25, 0.3) is 0 Å². The third-order valence-electron chi connectivity index (χ3n) is 2.00. The van der Waals surface area contributed by atoms with E-state index in [0.717, 1.165) is 6.07 Å². The third kappa shape index (κ3) is 3.55. The normalized spacial score (nSPS) is 11.7. The maximum Gasteiger partial charge on any atom is 0.240 e. The number of halogens is 1. The molecule has 0 saturated heterocycles. The number of hydrogen-bond donors (Lipinski definition) is 2. The summed E-state index contributed by atoms with van der Waals surface area (Å²) in [7, 11) is -3.62. The Morgan fingerprint density at radius 2 is 2.06 bits per heavy atom. The smallest absolute Gasteiger partial charge is 0.240 e. The fourth-order valence-electron chi connectivity index (χ4n) is 1.25. The SMILES string of the molecule is Cc1cc(F)cc(S(=O)(=O)NCCCN)c1. The second kappa shape index (κ2) is 5.38. The zero-order valence-corrected chi connectivity index (χ0v) is 9.85. The molecule has 1 rings (SSSR count). The summed E-state index contributed by atoms with van der Waals surface area (Å²) < 4.78 is 38.8. The average Bonchev–Trinajstić information content (AvgIpc) is 2.16. The first-order chi connectivity index (χ1) is 7.45. The number of sulfonamides is 1. The van der Waals surface area contributed by atoms with Gasteiger partial charge in [-0.15, -0.1) is 0 Å². The summed E-state index contributed by atoms with van der Waals surface area (Å²) >= 11 is 0. The quantitative estimate of drug-likeness (QED) is 0.753. The van der Waals surface area contributed by atoms with Gasteiger partial charge in [0.05, 0.1) is 4.90 Å². The van der Waals surface area contributed by atoms with Crippen LogP contribution in [0, 0.1) is 12.7 Å². The highest BCUT2D eigenvalue weighted by molar-refractivity contribution is 7.89. The van der Waals surface area contributed by atoms with Crippen LogP contribution in [0.15, 0.2) is 23.1 Å². The molecule has 0 amide bonds. The van der Waals surface area contributed by atoms with E-state index in [1.807, 2.05) is 0 Å². The summed E-state index contributed by atoms with van der Waals surface area (Å²) in [6.45, 7) is 2.31. The van der Waals surface area contributed by atoms with Gasteiger partial charge in [-0.1, -0.05) is 0 Å². The summed E-state index contributed by atoms with van der Waals surface area (Å²) in [5.74, 6) is -0.556. The van der Waals surface area contributed by atoms with Gasteiger partial charge < -0.3 is 5.73 Å². The molecule has 0 aliphatic heterocycles. The zero-order chi connectivity index (χ0) is 12.2. The molecule has 0 unspecified atom stereocenters. The first-order valence-electron chi connectivity index (χ1n) is 4.92. The van der Waals surface area contributed by atoms with Gasteiger partial charge in [-0.3, -0.25) is 0 Å². The number of aryl methyl sites for hydroxylation is 1. The van der Waals surface area contributed by atoms with Gasteiger partial charge in [0.25, 0.3) is 0 Å². The largest absolute Gasteiger partial charge is 0.330 e. The van der Waals surface area contributed by atoms with Gasteiger partial charge in [0, 0.05) is 6.54 Å². The van der Waals surface area contributed by atoms with E-state index < -0.39 is 15.8 Å². The molecule has 0 fully saturated rings. The Balaban J connectivity index is 2.89. The molecule has 0 spiro atoms. The van der Waals surface area contributed by atoms with Crippen molar-refractivity contribution in [2.45, 2.75) is 18.2 Å². The Bertz CT molecular complexity index is 440. The first-order valence-corrected chi connectivity index (χ1v) is 6.41. The minimum Gasteiger partial charge on any atom is -0.330 e. The third-order valence-corrected chi connectivity index (χ3v) is 3.44. The molecule has 1 aromatic carbocycles. The summed E-state index contributed by atoms with van der Waals surface area (Å²) in [4.78, 5) is -0.0537. The molecule has 0 bridgehead atoms. The molecule has 16 heavy (non-hydrogen) atoms. The van der Waals surface area contributed by atoms with Crippen molar-refractivity contribution in [3.05, 3.63) is 29.6 Å². The van der Waals surface area contributed by atoms with E-state index in [-0.39, 0.29) is 11.4 Å². The maximum atomic E-state index is 13.0. The van der Waals surface area contributed by atoms with Gasteiger partial charge in [-0.05, 0) is 43.7 Å². The van der Waals surface area contributed by atoms with Gasteiger partial charge in [0.1, 0.15) is 5.82 Å². The van der Waals surface area contributed by atoms with Crippen molar-refractivity contribution < 1.29 is 12.8 Å². The molecule has 4 nitrogen and oxygen atoms in total. The van der Waals surface area contributed by atoms with Gasteiger partial charge in [0.15, 0.2) is 0 Å². The lowest BCUT2D eigenvalue weighted by Crippen LogP contribution is -2.26. The van der Waals surface area contributed by atoms with E-state index in [2.05, 4.69) is 4.72 Å². The van der Waals surface area contributed by atoms with Gasteiger partial charge in [-0.25, -0.2) is 17.5 Å². The van der Waals surface area contributed by atoms with Crippen molar-refractivity contribution in [1.82, 2.24) is 4.72 Å². The number of hydrogen-bond acceptors (Lipinski definition) is 3. The Morgan fingerprint density at radius 3 is 2.62 bits per heavy atom. The van der Waals surface area contributed by atoms with Crippen molar-refractivity contribution in [3.8, 4) is 0 Å². The lowest BCUT2D eigenvalue weighted by molar-refractivity contribution is 0.575. The molecular weight excluding hydrogens is 231 g/mol. The minimum absolute atomic E-state index is 0.0537. The predicted octanol–water partition coefficient (Wildman–Crippen LogP) is 0.761. The molecule has 0 radical (unpaired) electrons. The molecule has 0 aliphatic rings. The topological polar surface area (TPSA) is 72.2 Å². The first kappa shape index (κ1) is 13.1. The van der Waals surface area contributed by atoms with E-state index >= 15 is 0 Å². The lowest BCUT2D eigenvalue weighted by Gasteiger charge is -2.07. The van der Waals surface area contributed by atoms with Crippen LogP contribution in [0.4, 0.5) is 4.39 Å². The second-order valence-corrected chi connectivity index (χ2v) is 5.27. The number of nitrogens with two attached hydrogens (primary N) is 1. The molecule has 0 atom stereocenters. The van der Waals surface area contributed by atoms with Crippen LogP contribution < -0.4 is 10.5 Å². The highest BCUT2D eigenvalue weighted by Gasteiger charge is 2.14. The Morgan fingerprint density at radius 1 is 1.38 bits per heavy atom. The van der Waals surface area contributed by atoms with Crippen molar-refractivity contribution in [1.29, 1.82) is 0 Å². The van der Waals surface area contributed by atoms with E-state index in [4.69, 9.17) is 5.73 Å². The molecule has 0 aliphatic carbocycles. The maximum absolute atomic E-state index is 13.0. The zero-order valence-electron chi connectivity index (χ0n) is 9.03. The summed E-state index contributed by atoms with van der Waals surface area (Å²) in [6, 6.07) is 3.70. The van der Waals surface area contributed by atoms with Crippen molar-refractivity contribution in [3.63, 3.8) is 0 Å². The fourth-order valence-corrected chi connectivity index (χ4v) is 2.44. The van der Waals surface area contributed by atoms with E-state index in [1.165, 1.54) is 12.1 Å². The standard InChI is InChI=1S/C10H15FN2O2S/c1-8-5-9(11)7-10(6-8)16(14,15)13-4-2-3-12/h5-7,13H,2-4,12H2,1H3. The molecule has 0 saturated carbocycles. The van der Waals surface area contributed by atoms with Crippen molar-refractivity contribution in [2.75, 3.05) is 13.1 Å². The van der Waals surface area contributed by atoms with Crippen molar-refractivity contribution >= 4 is 10.0 Å². The molecule has 1 aromatic rings. The second-order valence-electron chi connectivity index (χ2n) is 3.50. The van der Waals surface area contributed by atoms with E-state index in [1.54, 1.807) is 6.92 Å². The van der Waals surface area contributed by atoms with Crippen LogP contribution in [0.1, 0.15) is 12.0 Å². The number of benzene rings is 1. The molecule has 3 N–H and O–H groups in total. The van der Waals surface area contributed by atoms with Crippen molar-refractivity contribution in [2.24, 2.45) is 5.73 Å². The van der Waals surface area contributed by atoms with Gasteiger partial charge in [-0.2, -0.15) is 0 Å². The van der Waals surface area contributed by atoms with Crippen LogP contribution in [0.3, 0.4) is 0 Å². The van der Waals surface area contributed by atoms with Gasteiger partial charge >= 0.3 is 0 Å². The average molecular weight is 246 g/mol. The van der Waals surface area contributed by atoms with Crippen LogP contribution in [0.5, 0.6) is 0 Å². The minimum atomic E-state index is -3.62. The number of nitrogens with one attached hydrogen (secondary N) is 1. The van der Waals surface area contributed by atoms with Crippen LogP contribution in [0.2, 0.25) is 0 Å². The molecule has 6 heteroatoms. The Kier molecular flexibility index (Phi) is 4.40. The lowest BCUT2D eigenvalue weighted by atomic mass is 10.2. The predicted molar refractivity (Wildman–Crippen MR) is 60.0 cm³/mol. The molecule has 90 valence electrons. The molecule has 0 heterocycles. The van der Waals surface area contributed by atoms with Crippen LogP contribution in [-0.2, 0) is 10.0 Å². The Hall–Kier alpha value is -0.980. The summed E-state index contributed by atoms with van der Waals surface area (Å²) in [6.07, 6.45) is 0.549. The fraction of sp³-hybridized carbons (Fsp3) is 0.400. The molecular formula is C10H15FN2O2S. The summed E-state index contributed by atoms with van der Waals surface area (Å²) in [5, 5.41) is 0. The highest BCUT2D eigenvalue weighted by Crippen LogP contribution is 2.13. The van der Waals surface area contributed by atoms with Gasteiger partial charge in [0.2, 0.25) is 10.0 Å². The van der Waals surface area contributed by atoms with E-state index in [0.29, 0.717) is 18.5 Å². The Labute approximate surface area is 94.7 Å². The van der Waals surface area contributed by atoms with E-state index in [9.17, 15) is 12.8 Å². The monoisotopic (exact) mass is 246 g/mol. The van der Waals surface area contributed by atoms with Crippen LogP contribution in [-0.4, -0.2) is 21.5 Å². The summed E-state index contributed by atoms with van der Waals surface area (Å²) in [5.41, 5.74) is 5.82. The highest BCUT2D eigenvalue weighted by atomic mass is 32.2. The number of rotatable bonds is 5.